The molecule has 48 heavy (non-hydrogen) atoms. The van der Waals surface area contributed by atoms with E-state index in [2.05, 4.69) is 5.32 Å². The summed E-state index contributed by atoms with van der Waals surface area (Å²) in [5, 5.41) is 21.8. The highest BCUT2D eigenvalue weighted by molar-refractivity contribution is 5.82. The average molecular weight is 669 g/mol. The largest absolute Gasteiger partial charge is 0.504 e. The SMILES string of the molecule is COc1cc(CC(N)C(=O)OC(C)(C)C)ccc1O.COc1cc(CC(NC(=O)OCc2ccccc2)C(=O)OC(C)(C)C)ccc1O. The van der Waals surface area contributed by atoms with Gasteiger partial charge in [0, 0.05) is 6.42 Å². The third kappa shape index (κ3) is 14.2. The summed E-state index contributed by atoms with van der Waals surface area (Å²) in [6, 6.07) is 17.1. The molecule has 3 rings (SSSR count). The van der Waals surface area contributed by atoms with Gasteiger partial charge in [-0.1, -0.05) is 42.5 Å². The Hall–Kier alpha value is -4.97. The summed E-state index contributed by atoms with van der Waals surface area (Å²) < 4.78 is 26.0. The van der Waals surface area contributed by atoms with Crippen molar-refractivity contribution in [3.05, 3.63) is 83.4 Å². The Bertz CT molecular complexity index is 1500. The summed E-state index contributed by atoms with van der Waals surface area (Å²) in [6.07, 6.45) is -0.257. The van der Waals surface area contributed by atoms with Crippen LogP contribution >= 0.6 is 0 Å². The highest BCUT2D eigenvalue weighted by Crippen LogP contribution is 2.28. The number of nitrogens with one attached hydrogen (secondary N) is 1. The number of esters is 2. The van der Waals surface area contributed by atoms with Gasteiger partial charge < -0.3 is 44.9 Å². The number of carbonyl (C=O) groups is 3. The number of carbonyl (C=O) groups excluding carboxylic acids is 3. The molecular formula is C36H48N2O10. The Morgan fingerprint density at radius 2 is 1.19 bits per heavy atom. The van der Waals surface area contributed by atoms with Gasteiger partial charge in [-0.15, -0.1) is 0 Å². The number of hydrogen-bond acceptors (Lipinski definition) is 11. The molecule has 2 unspecified atom stereocenters. The van der Waals surface area contributed by atoms with E-state index in [1.54, 1.807) is 65.8 Å². The number of phenolic OH excluding ortho intramolecular Hbond substituents is 2. The second-order valence-electron chi connectivity index (χ2n) is 12.9. The number of alkyl carbamates (subject to hydrolysis) is 1. The highest BCUT2D eigenvalue weighted by atomic mass is 16.6. The summed E-state index contributed by atoms with van der Waals surface area (Å²) >= 11 is 0. The van der Waals surface area contributed by atoms with E-state index < -0.39 is 41.3 Å². The number of ether oxygens (including phenoxy) is 5. The zero-order chi connectivity index (χ0) is 36.1. The number of rotatable bonds is 11. The quantitative estimate of drug-likeness (QED) is 0.156. The molecule has 2 atom stereocenters. The smallest absolute Gasteiger partial charge is 0.408 e. The van der Waals surface area contributed by atoms with Crippen molar-refractivity contribution in [3.8, 4) is 23.0 Å². The van der Waals surface area contributed by atoms with E-state index in [9.17, 15) is 24.6 Å². The minimum absolute atomic E-state index is 0.0136. The van der Waals surface area contributed by atoms with Gasteiger partial charge in [0.1, 0.15) is 29.9 Å². The molecule has 0 aliphatic carbocycles. The van der Waals surface area contributed by atoms with Crippen molar-refractivity contribution in [3.63, 3.8) is 0 Å². The average Bonchev–Trinajstić information content (AvgIpc) is 3.00. The molecule has 3 aromatic carbocycles. The molecule has 0 saturated carbocycles. The summed E-state index contributed by atoms with van der Waals surface area (Å²) in [5.41, 5.74) is 6.85. The van der Waals surface area contributed by atoms with Gasteiger partial charge in [0.2, 0.25) is 0 Å². The molecule has 0 saturated heterocycles. The normalized spacial score (nSPS) is 12.4. The predicted molar refractivity (Wildman–Crippen MR) is 180 cm³/mol. The van der Waals surface area contributed by atoms with Gasteiger partial charge in [0.15, 0.2) is 23.0 Å². The minimum Gasteiger partial charge on any atom is -0.504 e. The predicted octanol–water partition coefficient (Wildman–Crippen LogP) is 5.19. The maximum Gasteiger partial charge on any atom is 0.408 e. The third-order valence-electron chi connectivity index (χ3n) is 6.29. The topological polar surface area (TPSA) is 176 Å². The summed E-state index contributed by atoms with van der Waals surface area (Å²) in [5.74, 6) is -0.357. The van der Waals surface area contributed by atoms with E-state index in [1.807, 2.05) is 30.3 Å². The van der Waals surface area contributed by atoms with E-state index in [0.29, 0.717) is 17.7 Å². The first-order chi connectivity index (χ1) is 22.4. The molecule has 0 spiro atoms. The van der Waals surface area contributed by atoms with Crippen LogP contribution in [0, 0.1) is 0 Å². The van der Waals surface area contributed by atoms with Crippen molar-refractivity contribution in [1.29, 1.82) is 0 Å². The summed E-state index contributed by atoms with van der Waals surface area (Å²) in [7, 11) is 2.90. The standard InChI is InChI=1S/C22H27NO6.C14H21NO4/c1-22(2,3)29-20(25)17(12-16-10-11-18(24)19(13-16)27-4)23-21(26)28-14-15-8-6-5-7-9-15;1-14(2,3)19-13(17)10(15)7-9-5-6-11(16)12(8-9)18-4/h5-11,13,17,24H,12,14H2,1-4H3,(H,23,26);5-6,8,10,16H,7,15H2,1-4H3. The van der Waals surface area contributed by atoms with Crippen LogP contribution in [0.2, 0.25) is 0 Å². The molecule has 12 nitrogen and oxygen atoms in total. The molecular weight excluding hydrogens is 620 g/mol. The van der Waals surface area contributed by atoms with E-state index in [4.69, 9.17) is 29.4 Å². The lowest BCUT2D eigenvalue weighted by molar-refractivity contribution is -0.158. The van der Waals surface area contributed by atoms with Crippen LogP contribution in [0.3, 0.4) is 0 Å². The van der Waals surface area contributed by atoms with Crippen molar-refractivity contribution in [2.75, 3.05) is 14.2 Å². The number of nitrogens with two attached hydrogens (primary N) is 1. The Labute approximate surface area is 282 Å². The number of benzene rings is 3. The van der Waals surface area contributed by atoms with Gasteiger partial charge in [-0.25, -0.2) is 9.59 Å². The zero-order valence-electron chi connectivity index (χ0n) is 28.9. The first kappa shape index (κ1) is 39.2. The van der Waals surface area contributed by atoms with Crippen molar-refractivity contribution in [2.24, 2.45) is 5.73 Å². The van der Waals surface area contributed by atoms with Crippen molar-refractivity contribution in [2.45, 2.75) is 84.3 Å². The van der Waals surface area contributed by atoms with E-state index in [-0.39, 0.29) is 30.3 Å². The monoisotopic (exact) mass is 668 g/mol. The van der Waals surface area contributed by atoms with Gasteiger partial charge in [0.05, 0.1) is 14.2 Å². The molecule has 0 aliphatic rings. The maximum absolute atomic E-state index is 12.6. The molecule has 0 heterocycles. The van der Waals surface area contributed by atoms with Gasteiger partial charge >= 0.3 is 18.0 Å². The second kappa shape index (κ2) is 17.8. The fraction of sp³-hybridized carbons (Fsp3) is 0.417. The lowest BCUT2D eigenvalue weighted by atomic mass is 10.0. The van der Waals surface area contributed by atoms with Gasteiger partial charge in [-0.3, -0.25) is 4.79 Å². The van der Waals surface area contributed by atoms with Crippen LogP contribution in [0.25, 0.3) is 0 Å². The number of amides is 1. The molecule has 0 aliphatic heterocycles. The van der Waals surface area contributed by atoms with E-state index >= 15 is 0 Å². The van der Waals surface area contributed by atoms with Crippen LogP contribution in [0.5, 0.6) is 23.0 Å². The summed E-state index contributed by atoms with van der Waals surface area (Å²) in [6.45, 7) is 10.7. The lowest BCUT2D eigenvalue weighted by Gasteiger charge is -2.24. The minimum atomic E-state index is -0.966. The molecule has 0 aromatic heterocycles. The van der Waals surface area contributed by atoms with Crippen LogP contribution in [-0.2, 0) is 43.2 Å². The third-order valence-corrected chi connectivity index (χ3v) is 6.29. The molecule has 0 radical (unpaired) electrons. The fourth-order valence-corrected chi connectivity index (χ4v) is 4.12. The Morgan fingerprint density at radius 1 is 0.708 bits per heavy atom. The van der Waals surface area contributed by atoms with Crippen molar-refractivity contribution < 1.29 is 48.3 Å². The molecule has 5 N–H and O–H groups in total. The zero-order valence-corrected chi connectivity index (χ0v) is 28.9. The summed E-state index contributed by atoms with van der Waals surface area (Å²) in [4.78, 5) is 36.6. The number of methoxy groups -OCH3 is 2. The van der Waals surface area contributed by atoms with Crippen LogP contribution in [0.15, 0.2) is 66.7 Å². The maximum atomic E-state index is 12.6. The van der Waals surface area contributed by atoms with Crippen LogP contribution in [0.1, 0.15) is 58.2 Å². The van der Waals surface area contributed by atoms with E-state index in [0.717, 1.165) is 11.1 Å². The van der Waals surface area contributed by atoms with Crippen LogP contribution in [-0.4, -0.2) is 65.8 Å². The first-order valence-electron chi connectivity index (χ1n) is 15.3. The fourth-order valence-electron chi connectivity index (χ4n) is 4.12. The van der Waals surface area contributed by atoms with Crippen LogP contribution in [0.4, 0.5) is 4.79 Å². The lowest BCUT2D eigenvalue weighted by Crippen LogP contribution is -2.45. The second-order valence-corrected chi connectivity index (χ2v) is 12.9. The Kier molecular flexibility index (Phi) is 14.5. The molecule has 262 valence electrons. The van der Waals surface area contributed by atoms with E-state index in [1.165, 1.54) is 26.4 Å². The number of phenols is 2. The van der Waals surface area contributed by atoms with Crippen molar-refractivity contribution >= 4 is 18.0 Å². The van der Waals surface area contributed by atoms with Crippen molar-refractivity contribution in [1.82, 2.24) is 5.32 Å². The molecule has 0 bridgehead atoms. The van der Waals surface area contributed by atoms with Gasteiger partial charge in [-0.05, 0) is 88.9 Å². The first-order valence-corrected chi connectivity index (χ1v) is 15.3. The molecule has 0 fully saturated rings. The molecule has 1 amide bonds. The van der Waals surface area contributed by atoms with Gasteiger partial charge in [0.25, 0.3) is 0 Å². The Balaban J connectivity index is 0.000000365. The number of aromatic hydroxyl groups is 2. The van der Waals surface area contributed by atoms with Crippen LogP contribution < -0.4 is 20.5 Å². The molecule has 3 aromatic rings. The van der Waals surface area contributed by atoms with Gasteiger partial charge in [-0.2, -0.15) is 0 Å². The highest BCUT2D eigenvalue weighted by Gasteiger charge is 2.28. The molecule has 12 heteroatoms. The Morgan fingerprint density at radius 3 is 1.67 bits per heavy atom. The number of hydrogen-bond donors (Lipinski definition) is 4.